The molecule has 0 aromatic heterocycles. The van der Waals surface area contributed by atoms with Gasteiger partial charge in [-0.1, -0.05) is 41.9 Å². The van der Waals surface area contributed by atoms with Crippen LogP contribution in [0.5, 0.6) is 0 Å². The second-order valence-electron chi connectivity index (χ2n) is 6.48. The highest BCUT2D eigenvalue weighted by Gasteiger charge is 2.33. The average molecular weight is 367 g/mol. The summed E-state index contributed by atoms with van der Waals surface area (Å²) in [5.74, 6) is -0.0669. The molecule has 2 amide bonds. The third-order valence-electron chi connectivity index (χ3n) is 4.29. The molecule has 1 saturated heterocycles. The van der Waals surface area contributed by atoms with Crippen LogP contribution < -0.4 is 5.32 Å². The van der Waals surface area contributed by atoms with Crippen LogP contribution in [-0.4, -0.2) is 35.8 Å². The summed E-state index contributed by atoms with van der Waals surface area (Å²) in [6.07, 6.45) is 1.65. The smallest absolute Gasteiger partial charge is 0.242 e. The molecule has 1 aliphatic heterocycles. The van der Waals surface area contributed by atoms with E-state index in [1.54, 1.807) is 4.90 Å². The van der Waals surface area contributed by atoms with Crippen LogP contribution in [0.15, 0.2) is 28.7 Å². The average Bonchev–Trinajstić information content (AvgIpc) is 2.95. The van der Waals surface area contributed by atoms with Crippen molar-refractivity contribution >= 4 is 27.7 Å². The molecule has 120 valence electrons. The zero-order valence-electron chi connectivity index (χ0n) is 13.4. The van der Waals surface area contributed by atoms with Gasteiger partial charge in [-0.2, -0.15) is 0 Å². The summed E-state index contributed by atoms with van der Waals surface area (Å²) >= 11 is 3.43. The molecule has 0 aliphatic carbocycles. The quantitative estimate of drug-likeness (QED) is 0.890. The van der Waals surface area contributed by atoms with Gasteiger partial charge < -0.3 is 10.2 Å². The summed E-state index contributed by atoms with van der Waals surface area (Å²) < 4.78 is 1.04. The van der Waals surface area contributed by atoms with Crippen molar-refractivity contribution in [2.75, 3.05) is 13.1 Å². The molecule has 2 rings (SSSR count). The van der Waals surface area contributed by atoms with Gasteiger partial charge >= 0.3 is 0 Å². The van der Waals surface area contributed by atoms with Crippen molar-refractivity contribution in [3.05, 3.63) is 34.3 Å². The highest BCUT2D eigenvalue weighted by atomic mass is 79.9. The predicted octanol–water partition coefficient (Wildman–Crippen LogP) is 2.85. The van der Waals surface area contributed by atoms with Crippen LogP contribution in [0.3, 0.4) is 0 Å². The third-order valence-corrected chi connectivity index (χ3v) is 4.82. The number of hydrogen-bond donors (Lipinski definition) is 1. The van der Waals surface area contributed by atoms with Gasteiger partial charge in [0.15, 0.2) is 0 Å². The van der Waals surface area contributed by atoms with Crippen molar-refractivity contribution in [1.29, 1.82) is 0 Å². The zero-order valence-corrected chi connectivity index (χ0v) is 14.9. The van der Waals surface area contributed by atoms with Crippen molar-refractivity contribution in [2.24, 2.45) is 0 Å². The molecule has 0 spiro atoms. The monoisotopic (exact) mass is 366 g/mol. The fourth-order valence-electron chi connectivity index (χ4n) is 2.85. The fraction of sp³-hybridized carbons (Fsp3) is 0.529. The van der Waals surface area contributed by atoms with Crippen LogP contribution in [0.25, 0.3) is 0 Å². The number of benzene rings is 1. The summed E-state index contributed by atoms with van der Waals surface area (Å²) in [5.41, 5.74) is 1.02. The van der Waals surface area contributed by atoms with Crippen molar-refractivity contribution < 1.29 is 9.59 Å². The van der Waals surface area contributed by atoms with E-state index >= 15 is 0 Å². The van der Waals surface area contributed by atoms with E-state index in [9.17, 15) is 9.59 Å². The molecule has 1 N–H and O–H groups in total. The van der Waals surface area contributed by atoms with Crippen molar-refractivity contribution in [3.63, 3.8) is 0 Å². The number of amides is 2. The van der Waals surface area contributed by atoms with E-state index in [2.05, 4.69) is 47.2 Å². The summed E-state index contributed by atoms with van der Waals surface area (Å²) in [5, 5.41) is 3.02. The van der Waals surface area contributed by atoms with Crippen LogP contribution in [0.4, 0.5) is 0 Å². The van der Waals surface area contributed by atoms with Gasteiger partial charge in [-0.3, -0.25) is 9.59 Å². The first-order valence-electron chi connectivity index (χ1n) is 7.62. The van der Waals surface area contributed by atoms with E-state index in [4.69, 9.17) is 0 Å². The third kappa shape index (κ3) is 3.88. The normalized spacial score (nSPS) is 18.4. The zero-order chi connectivity index (χ0) is 16.3. The summed E-state index contributed by atoms with van der Waals surface area (Å²) in [6, 6.07) is 7.83. The van der Waals surface area contributed by atoms with Crippen LogP contribution in [0.2, 0.25) is 0 Å². The lowest BCUT2D eigenvalue weighted by Crippen LogP contribution is -2.48. The number of carbonyl (C=O) groups is 2. The Morgan fingerprint density at radius 3 is 2.55 bits per heavy atom. The van der Waals surface area contributed by atoms with Crippen molar-refractivity contribution in [1.82, 2.24) is 10.2 Å². The number of likely N-dealkylation sites (tertiary alicyclic amines) is 1. The molecule has 5 heteroatoms. The molecule has 22 heavy (non-hydrogen) atoms. The number of nitrogens with one attached hydrogen (secondary N) is 1. The molecule has 1 fully saturated rings. The lowest BCUT2D eigenvalue weighted by molar-refractivity contribution is -0.136. The predicted molar refractivity (Wildman–Crippen MR) is 90.6 cm³/mol. The number of rotatable bonds is 4. The molecule has 1 aliphatic rings. The Kier molecular flexibility index (Phi) is 5.27. The maximum absolute atomic E-state index is 12.4. The minimum absolute atomic E-state index is 0.0233. The first kappa shape index (κ1) is 17.0. The second kappa shape index (κ2) is 6.82. The Bertz CT molecular complexity index is 554. The summed E-state index contributed by atoms with van der Waals surface area (Å²) in [7, 11) is 0. The highest BCUT2D eigenvalue weighted by Crippen LogP contribution is 2.24. The second-order valence-corrected chi connectivity index (χ2v) is 7.39. The first-order chi connectivity index (χ1) is 10.3. The van der Waals surface area contributed by atoms with E-state index in [1.165, 1.54) is 12.5 Å². The van der Waals surface area contributed by atoms with Crippen LogP contribution >= 0.6 is 15.9 Å². The number of carbonyl (C=O) groups excluding carboxylic acids is 2. The van der Waals surface area contributed by atoms with Crippen LogP contribution in [0.1, 0.15) is 39.2 Å². The Balaban J connectivity index is 1.98. The standard InChI is InChI=1S/C17H23BrN2O2/c1-12(21)20-10-4-5-15(20)16(22)19-11-17(2,3)13-6-8-14(18)9-7-13/h6-9,15H,4-5,10-11H2,1-3H3,(H,19,22). The molecule has 0 saturated carbocycles. The Morgan fingerprint density at radius 2 is 1.95 bits per heavy atom. The number of halogens is 1. The van der Waals surface area contributed by atoms with Crippen molar-refractivity contribution in [3.8, 4) is 0 Å². The molecule has 1 unspecified atom stereocenters. The number of nitrogens with zero attached hydrogens (tertiary/aromatic N) is 1. The summed E-state index contributed by atoms with van der Waals surface area (Å²) in [4.78, 5) is 25.6. The molecule has 1 atom stereocenters. The molecule has 0 bridgehead atoms. The Labute approximate surface area is 140 Å². The topological polar surface area (TPSA) is 49.4 Å². The fourth-order valence-corrected chi connectivity index (χ4v) is 3.11. The maximum atomic E-state index is 12.4. The van der Waals surface area contributed by atoms with Gasteiger partial charge in [0.05, 0.1) is 0 Å². The molecular formula is C17H23BrN2O2. The van der Waals surface area contributed by atoms with Gasteiger partial charge in [-0.15, -0.1) is 0 Å². The van der Waals surface area contributed by atoms with Gasteiger partial charge in [0.1, 0.15) is 6.04 Å². The van der Waals surface area contributed by atoms with Crippen LogP contribution in [0, 0.1) is 0 Å². The lowest BCUT2D eigenvalue weighted by Gasteiger charge is -2.28. The Hall–Kier alpha value is -1.36. The van der Waals surface area contributed by atoms with E-state index in [1.807, 2.05) is 12.1 Å². The lowest BCUT2D eigenvalue weighted by atomic mass is 9.84. The van der Waals surface area contributed by atoms with Gasteiger partial charge in [0.25, 0.3) is 0 Å². The molecule has 1 heterocycles. The van der Waals surface area contributed by atoms with E-state index < -0.39 is 0 Å². The molecule has 0 radical (unpaired) electrons. The van der Waals surface area contributed by atoms with Crippen molar-refractivity contribution in [2.45, 2.75) is 45.1 Å². The minimum atomic E-state index is -0.307. The molecule has 4 nitrogen and oxygen atoms in total. The highest BCUT2D eigenvalue weighted by molar-refractivity contribution is 9.10. The van der Waals surface area contributed by atoms with E-state index in [0.29, 0.717) is 13.1 Å². The van der Waals surface area contributed by atoms with E-state index in [0.717, 1.165) is 17.3 Å². The largest absolute Gasteiger partial charge is 0.353 e. The first-order valence-corrected chi connectivity index (χ1v) is 8.41. The SMILES string of the molecule is CC(=O)N1CCCC1C(=O)NCC(C)(C)c1ccc(Br)cc1. The van der Waals surface area contributed by atoms with Gasteiger partial charge in [-0.05, 0) is 30.5 Å². The minimum Gasteiger partial charge on any atom is -0.353 e. The maximum Gasteiger partial charge on any atom is 0.242 e. The van der Waals surface area contributed by atoms with Gasteiger partial charge in [-0.25, -0.2) is 0 Å². The van der Waals surface area contributed by atoms with Crippen LogP contribution in [-0.2, 0) is 15.0 Å². The summed E-state index contributed by atoms with van der Waals surface area (Å²) in [6.45, 7) is 6.97. The molecular weight excluding hydrogens is 344 g/mol. The van der Waals surface area contributed by atoms with Gasteiger partial charge in [0, 0.05) is 29.9 Å². The van der Waals surface area contributed by atoms with Gasteiger partial charge in [0.2, 0.25) is 11.8 Å². The molecule has 1 aromatic carbocycles. The molecule has 1 aromatic rings. The number of hydrogen-bond acceptors (Lipinski definition) is 2. The Morgan fingerprint density at radius 1 is 1.32 bits per heavy atom. The van der Waals surface area contributed by atoms with E-state index in [-0.39, 0.29) is 23.3 Å².